The molecule has 1 aliphatic heterocycles. The van der Waals surface area contributed by atoms with E-state index in [1.54, 1.807) is 12.1 Å². The van der Waals surface area contributed by atoms with E-state index in [2.05, 4.69) is 10.0 Å². The molecule has 1 aliphatic rings. The van der Waals surface area contributed by atoms with E-state index in [0.717, 1.165) is 30.5 Å². The third kappa shape index (κ3) is 4.18. The minimum Gasteiger partial charge on any atom is -0.315 e. The summed E-state index contributed by atoms with van der Waals surface area (Å²) in [6.45, 7) is 5.59. The van der Waals surface area contributed by atoms with Crippen LogP contribution in [0.4, 0.5) is 0 Å². The summed E-state index contributed by atoms with van der Waals surface area (Å²) in [5, 5.41) is 3.20. The Morgan fingerprint density at radius 2 is 2.00 bits per heavy atom. The monoisotopic (exact) mass is 304 g/mol. The van der Waals surface area contributed by atoms with Gasteiger partial charge in [0.25, 0.3) is 0 Å². The van der Waals surface area contributed by atoms with Crippen molar-refractivity contribution in [3.05, 3.63) is 29.3 Å². The lowest BCUT2D eigenvalue weighted by atomic mass is 10.1. The quantitative estimate of drug-likeness (QED) is 0.894. The Bertz CT molecular complexity index is 525. The van der Waals surface area contributed by atoms with Crippen LogP contribution in [0, 0.1) is 13.8 Å². The molecule has 4 nitrogen and oxygen atoms in total. The Labute approximate surface area is 121 Å². The van der Waals surface area contributed by atoms with Gasteiger partial charge in [0.2, 0.25) is 10.0 Å². The Morgan fingerprint density at radius 1 is 1.26 bits per heavy atom. The van der Waals surface area contributed by atoms with Gasteiger partial charge < -0.3 is 5.32 Å². The van der Waals surface area contributed by atoms with Crippen molar-refractivity contribution in [1.29, 1.82) is 0 Å². The van der Waals surface area contributed by atoms with E-state index in [0.29, 0.717) is 11.4 Å². The van der Waals surface area contributed by atoms with Crippen molar-refractivity contribution >= 4 is 22.4 Å². The molecule has 0 amide bonds. The van der Waals surface area contributed by atoms with Crippen molar-refractivity contribution in [3.8, 4) is 0 Å². The minimum absolute atomic E-state index is 0. The lowest BCUT2D eigenvalue weighted by molar-refractivity contribution is 0.428. The molecule has 0 bridgehead atoms. The van der Waals surface area contributed by atoms with Gasteiger partial charge in [0.05, 0.1) is 4.90 Å². The lowest BCUT2D eigenvalue weighted by Crippen LogP contribution is -2.45. The number of benzene rings is 1. The molecule has 1 fully saturated rings. The number of nitrogens with one attached hydrogen (secondary N) is 2. The van der Waals surface area contributed by atoms with Gasteiger partial charge in [-0.1, -0.05) is 6.07 Å². The van der Waals surface area contributed by atoms with Crippen molar-refractivity contribution in [2.24, 2.45) is 0 Å². The van der Waals surface area contributed by atoms with Crippen LogP contribution >= 0.6 is 12.4 Å². The van der Waals surface area contributed by atoms with Crippen LogP contribution in [0.3, 0.4) is 0 Å². The van der Waals surface area contributed by atoms with Crippen molar-refractivity contribution in [2.75, 3.05) is 13.1 Å². The Morgan fingerprint density at radius 3 is 2.58 bits per heavy atom. The SMILES string of the molecule is Cc1ccc(S(=O)(=O)N[C@@H]2CCCNC2)cc1C.Cl. The maximum Gasteiger partial charge on any atom is 0.240 e. The van der Waals surface area contributed by atoms with E-state index in [1.165, 1.54) is 0 Å². The predicted molar refractivity (Wildman–Crippen MR) is 79.4 cm³/mol. The molecular weight excluding hydrogens is 284 g/mol. The highest BCUT2D eigenvalue weighted by Gasteiger charge is 2.21. The molecule has 2 rings (SSSR count). The molecule has 0 radical (unpaired) electrons. The van der Waals surface area contributed by atoms with E-state index < -0.39 is 10.0 Å². The second-order valence-corrected chi connectivity index (χ2v) is 6.62. The minimum atomic E-state index is -3.39. The summed E-state index contributed by atoms with van der Waals surface area (Å²) >= 11 is 0. The first-order chi connectivity index (χ1) is 8.49. The Hall–Kier alpha value is -0.620. The number of aryl methyl sites for hydroxylation is 2. The molecule has 0 aliphatic carbocycles. The molecule has 1 aromatic rings. The molecular formula is C13H21ClN2O2S. The number of piperidine rings is 1. The molecule has 19 heavy (non-hydrogen) atoms. The molecule has 0 aromatic heterocycles. The van der Waals surface area contributed by atoms with Gasteiger partial charge in [-0.05, 0) is 56.5 Å². The summed E-state index contributed by atoms with van der Waals surface area (Å²) in [7, 11) is -3.39. The predicted octanol–water partition coefficient (Wildman–Crippen LogP) is 1.76. The zero-order valence-corrected chi connectivity index (χ0v) is 12.9. The molecule has 0 unspecified atom stereocenters. The normalized spacial score (nSPS) is 19.8. The van der Waals surface area contributed by atoms with Crippen molar-refractivity contribution in [1.82, 2.24) is 10.0 Å². The van der Waals surface area contributed by atoms with Crippen LogP contribution in [-0.2, 0) is 10.0 Å². The maximum absolute atomic E-state index is 12.2. The van der Waals surface area contributed by atoms with Crippen LogP contribution < -0.4 is 10.0 Å². The van der Waals surface area contributed by atoms with Crippen LogP contribution in [0.15, 0.2) is 23.1 Å². The summed E-state index contributed by atoms with van der Waals surface area (Å²) in [5.41, 5.74) is 2.10. The van der Waals surface area contributed by atoms with Crippen LogP contribution in [0.1, 0.15) is 24.0 Å². The second kappa shape index (κ2) is 6.70. The molecule has 0 saturated carbocycles. The van der Waals surface area contributed by atoms with Crippen LogP contribution in [0.2, 0.25) is 0 Å². The van der Waals surface area contributed by atoms with Gasteiger partial charge in [-0.2, -0.15) is 0 Å². The summed E-state index contributed by atoms with van der Waals surface area (Å²) < 4.78 is 27.2. The van der Waals surface area contributed by atoms with Crippen LogP contribution in [0.5, 0.6) is 0 Å². The average Bonchev–Trinajstić information content (AvgIpc) is 2.33. The van der Waals surface area contributed by atoms with Crippen molar-refractivity contribution in [2.45, 2.75) is 37.6 Å². The van der Waals surface area contributed by atoms with E-state index in [4.69, 9.17) is 0 Å². The maximum atomic E-state index is 12.2. The molecule has 1 heterocycles. The largest absolute Gasteiger partial charge is 0.315 e. The first kappa shape index (κ1) is 16.4. The zero-order chi connectivity index (χ0) is 13.2. The summed E-state index contributed by atoms with van der Waals surface area (Å²) in [4.78, 5) is 0.358. The van der Waals surface area contributed by atoms with Gasteiger partial charge in [0.1, 0.15) is 0 Å². The number of hydrogen-bond acceptors (Lipinski definition) is 3. The third-order valence-electron chi connectivity index (χ3n) is 3.41. The van der Waals surface area contributed by atoms with E-state index in [1.807, 2.05) is 19.9 Å². The second-order valence-electron chi connectivity index (χ2n) is 4.91. The lowest BCUT2D eigenvalue weighted by Gasteiger charge is -2.23. The Kier molecular flexibility index (Phi) is 5.80. The van der Waals surface area contributed by atoms with Crippen molar-refractivity contribution in [3.63, 3.8) is 0 Å². The van der Waals surface area contributed by atoms with Gasteiger partial charge in [0.15, 0.2) is 0 Å². The third-order valence-corrected chi connectivity index (χ3v) is 4.93. The fraction of sp³-hybridized carbons (Fsp3) is 0.538. The van der Waals surface area contributed by atoms with Gasteiger partial charge in [-0.25, -0.2) is 13.1 Å². The molecule has 6 heteroatoms. The summed E-state index contributed by atoms with van der Waals surface area (Å²) in [6, 6.07) is 5.25. The van der Waals surface area contributed by atoms with E-state index >= 15 is 0 Å². The smallest absolute Gasteiger partial charge is 0.240 e. The Balaban J connectivity index is 0.00000180. The fourth-order valence-corrected chi connectivity index (χ4v) is 3.48. The average molecular weight is 305 g/mol. The number of hydrogen-bond donors (Lipinski definition) is 2. The molecule has 2 N–H and O–H groups in total. The number of rotatable bonds is 3. The fourth-order valence-electron chi connectivity index (χ4n) is 2.12. The van der Waals surface area contributed by atoms with Crippen LogP contribution in [0.25, 0.3) is 0 Å². The van der Waals surface area contributed by atoms with Crippen molar-refractivity contribution < 1.29 is 8.42 Å². The standard InChI is InChI=1S/C13H20N2O2S.ClH/c1-10-5-6-13(8-11(10)2)18(16,17)15-12-4-3-7-14-9-12;/h5-6,8,12,14-15H,3-4,7,9H2,1-2H3;1H/t12-;/m1./s1. The number of sulfonamides is 1. The first-order valence-electron chi connectivity index (χ1n) is 6.29. The highest BCUT2D eigenvalue weighted by molar-refractivity contribution is 7.89. The molecule has 0 spiro atoms. The van der Waals surface area contributed by atoms with Gasteiger partial charge in [-0.15, -0.1) is 12.4 Å². The highest BCUT2D eigenvalue weighted by Crippen LogP contribution is 2.15. The molecule has 108 valence electrons. The van der Waals surface area contributed by atoms with Crippen LogP contribution in [-0.4, -0.2) is 27.5 Å². The van der Waals surface area contributed by atoms with Gasteiger partial charge in [-0.3, -0.25) is 0 Å². The topological polar surface area (TPSA) is 58.2 Å². The molecule has 1 saturated heterocycles. The molecule has 1 aromatic carbocycles. The first-order valence-corrected chi connectivity index (χ1v) is 7.78. The summed E-state index contributed by atoms with van der Waals surface area (Å²) in [6.07, 6.45) is 1.91. The van der Waals surface area contributed by atoms with E-state index in [9.17, 15) is 8.42 Å². The zero-order valence-electron chi connectivity index (χ0n) is 11.3. The van der Waals surface area contributed by atoms with E-state index in [-0.39, 0.29) is 18.4 Å². The van der Waals surface area contributed by atoms with Gasteiger partial charge >= 0.3 is 0 Å². The number of halogens is 1. The molecule has 1 atom stereocenters. The highest BCUT2D eigenvalue weighted by atomic mass is 35.5. The summed E-state index contributed by atoms with van der Waals surface area (Å²) in [5.74, 6) is 0. The van der Waals surface area contributed by atoms with Gasteiger partial charge in [0, 0.05) is 12.6 Å².